The number of halogens is 1. The van der Waals surface area contributed by atoms with Crippen molar-refractivity contribution in [3.05, 3.63) is 33.3 Å². The molecule has 1 aromatic rings. The Hall–Kier alpha value is -1.82. The number of carbonyl (C=O) groups is 1. The normalized spacial score (nSPS) is 11.9. The van der Waals surface area contributed by atoms with Crippen molar-refractivity contribution in [2.24, 2.45) is 0 Å². The maximum Gasteiger partial charge on any atom is 0.310 e. The van der Waals surface area contributed by atoms with Gasteiger partial charge in [-0.2, -0.15) is 0 Å². The molecule has 0 aliphatic rings. The largest absolute Gasteiger partial charge is 0.481 e. The highest BCUT2D eigenvalue weighted by atomic mass is 35.5. The Kier molecular flexibility index (Phi) is 4.28. The van der Waals surface area contributed by atoms with Crippen LogP contribution in [0.4, 0.5) is 11.4 Å². The molecule has 0 saturated carbocycles. The van der Waals surface area contributed by atoms with Crippen LogP contribution in [0.3, 0.4) is 0 Å². The summed E-state index contributed by atoms with van der Waals surface area (Å²) in [5.41, 5.74) is -0.0253. The standard InChI is InChI=1S/C10H11ClN2O4/c1-6(5-9(14)15)12-8-4-2-3-7(11)10(8)13(16)17/h2-4,6,12H,5H2,1H3,(H,14,15). The number of hydrogen-bond acceptors (Lipinski definition) is 4. The Balaban J connectivity index is 2.94. The van der Waals surface area contributed by atoms with Crippen LogP contribution in [0.2, 0.25) is 5.02 Å². The summed E-state index contributed by atoms with van der Waals surface area (Å²) < 4.78 is 0. The molecular weight excluding hydrogens is 248 g/mol. The molecule has 0 aliphatic heterocycles. The number of carboxylic acids is 1. The molecule has 2 N–H and O–H groups in total. The summed E-state index contributed by atoms with van der Waals surface area (Å²) in [6.45, 7) is 1.62. The maximum absolute atomic E-state index is 10.8. The fourth-order valence-corrected chi connectivity index (χ4v) is 1.64. The lowest BCUT2D eigenvalue weighted by atomic mass is 10.2. The number of benzene rings is 1. The van der Waals surface area contributed by atoms with E-state index in [0.717, 1.165) is 0 Å². The summed E-state index contributed by atoms with van der Waals surface area (Å²) in [7, 11) is 0. The summed E-state index contributed by atoms with van der Waals surface area (Å²) in [5.74, 6) is -0.977. The van der Waals surface area contributed by atoms with Crippen LogP contribution in [-0.4, -0.2) is 22.0 Å². The van der Waals surface area contributed by atoms with Crippen molar-refractivity contribution in [1.29, 1.82) is 0 Å². The molecule has 0 amide bonds. The molecule has 0 bridgehead atoms. The third-order valence-corrected chi connectivity index (χ3v) is 2.36. The SMILES string of the molecule is CC(CC(=O)O)Nc1cccc(Cl)c1[N+](=O)[O-]. The fraction of sp³-hybridized carbons (Fsp3) is 0.300. The number of nitro benzene ring substituents is 1. The van der Waals surface area contributed by atoms with E-state index in [0.29, 0.717) is 0 Å². The van der Waals surface area contributed by atoms with Gasteiger partial charge >= 0.3 is 11.7 Å². The number of para-hydroxylation sites is 1. The van der Waals surface area contributed by atoms with Gasteiger partial charge in [-0.05, 0) is 19.1 Å². The maximum atomic E-state index is 10.8. The Morgan fingerprint density at radius 1 is 1.65 bits per heavy atom. The summed E-state index contributed by atoms with van der Waals surface area (Å²) >= 11 is 5.72. The van der Waals surface area contributed by atoms with Crippen LogP contribution in [0.1, 0.15) is 13.3 Å². The highest BCUT2D eigenvalue weighted by Gasteiger charge is 2.20. The Morgan fingerprint density at radius 2 is 2.29 bits per heavy atom. The lowest BCUT2D eigenvalue weighted by Crippen LogP contribution is -2.19. The molecule has 1 aromatic carbocycles. The zero-order chi connectivity index (χ0) is 13.0. The molecule has 6 nitrogen and oxygen atoms in total. The monoisotopic (exact) mass is 258 g/mol. The van der Waals surface area contributed by atoms with Crippen LogP contribution in [-0.2, 0) is 4.79 Å². The molecular formula is C10H11ClN2O4. The molecule has 0 spiro atoms. The van der Waals surface area contributed by atoms with E-state index < -0.39 is 16.9 Å². The molecule has 1 rings (SSSR count). The quantitative estimate of drug-likeness (QED) is 0.625. The van der Waals surface area contributed by atoms with Gasteiger partial charge in [0.1, 0.15) is 10.7 Å². The zero-order valence-electron chi connectivity index (χ0n) is 9.01. The van der Waals surface area contributed by atoms with Crippen molar-refractivity contribution in [1.82, 2.24) is 0 Å². The van der Waals surface area contributed by atoms with Gasteiger partial charge in [-0.1, -0.05) is 17.7 Å². The van der Waals surface area contributed by atoms with Gasteiger partial charge in [0.15, 0.2) is 0 Å². The van der Waals surface area contributed by atoms with E-state index in [9.17, 15) is 14.9 Å². The minimum absolute atomic E-state index is 0.0162. The predicted molar refractivity (Wildman–Crippen MR) is 63.4 cm³/mol. The van der Waals surface area contributed by atoms with Gasteiger partial charge in [-0.25, -0.2) is 0 Å². The fourth-order valence-electron chi connectivity index (χ4n) is 1.40. The van der Waals surface area contributed by atoms with Crippen LogP contribution in [0.25, 0.3) is 0 Å². The first-order valence-corrected chi connectivity index (χ1v) is 5.21. The van der Waals surface area contributed by atoms with E-state index in [1.807, 2.05) is 0 Å². The molecule has 1 unspecified atom stereocenters. The van der Waals surface area contributed by atoms with Crippen molar-refractivity contribution >= 4 is 28.9 Å². The molecule has 0 fully saturated rings. The first-order valence-electron chi connectivity index (χ1n) is 4.83. The molecule has 7 heteroatoms. The van der Waals surface area contributed by atoms with Crippen LogP contribution in [0.5, 0.6) is 0 Å². The van der Waals surface area contributed by atoms with Crippen molar-refractivity contribution in [3.63, 3.8) is 0 Å². The van der Waals surface area contributed by atoms with E-state index in [4.69, 9.17) is 16.7 Å². The molecule has 0 radical (unpaired) electrons. The van der Waals surface area contributed by atoms with Gasteiger partial charge in [0, 0.05) is 6.04 Å². The summed E-state index contributed by atoms with van der Waals surface area (Å²) in [5, 5.41) is 22.2. The average Bonchev–Trinajstić information content (AvgIpc) is 2.15. The molecule has 0 aliphatic carbocycles. The minimum atomic E-state index is -0.977. The highest BCUT2D eigenvalue weighted by molar-refractivity contribution is 6.33. The third kappa shape index (κ3) is 3.60. The van der Waals surface area contributed by atoms with Gasteiger partial charge in [0.2, 0.25) is 0 Å². The van der Waals surface area contributed by atoms with E-state index >= 15 is 0 Å². The first kappa shape index (κ1) is 13.2. The molecule has 0 heterocycles. The average molecular weight is 259 g/mol. The van der Waals surface area contributed by atoms with Crippen LogP contribution in [0.15, 0.2) is 18.2 Å². The van der Waals surface area contributed by atoms with E-state index in [-0.39, 0.29) is 22.8 Å². The predicted octanol–water partition coefficient (Wildman–Crippen LogP) is 2.52. The summed E-state index contributed by atoms with van der Waals surface area (Å²) in [4.78, 5) is 20.7. The van der Waals surface area contributed by atoms with E-state index in [2.05, 4.69) is 5.32 Å². The van der Waals surface area contributed by atoms with Crippen molar-refractivity contribution in [3.8, 4) is 0 Å². The number of nitrogens with zero attached hydrogens (tertiary/aromatic N) is 1. The number of aliphatic carboxylic acids is 1. The minimum Gasteiger partial charge on any atom is -0.481 e. The van der Waals surface area contributed by atoms with Gasteiger partial charge < -0.3 is 10.4 Å². The van der Waals surface area contributed by atoms with E-state index in [1.165, 1.54) is 12.1 Å². The van der Waals surface area contributed by atoms with Crippen molar-refractivity contribution in [2.45, 2.75) is 19.4 Å². The van der Waals surface area contributed by atoms with Gasteiger partial charge in [0.05, 0.1) is 11.3 Å². The number of anilines is 1. The lowest BCUT2D eigenvalue weighted by Gasteiger charge is -2.13. The number of nitro groups is 1. The molecule has 0 saturated heterocycles. The number of carboxylic acid groups (broad SMARTS) is 1. The first-order chi connectivity index (χ1) is 7.91. The molecule has 1 atom stereocenters. The molecule has 17 heavy (non-hydrogen) atoms. The summed E-state index contributed by atoms with van der Waals surface area (Å²) in [6, 6.07) is 4.03. The van der Waals surface area contributed by atoms with Crippen molar-refractivity contribution < 1.29 is 14.8 Å². The second kappa shape index (κ2) is 5.49. The second-order valence-corrected chi connectivity index (χ2v) is 3.94. The third-order valence-electron chi connectivity index (χ3n) is 2.05. The molecule has 0 aromatic heterocycles. The van der Waals surface area contributed by atoms with Gasteiger partial charge in [0.25, 0.3) is 0 Å². The van der Waals surface area contributed by atoms with Crippen LogP contribution in [0, 0.1) is 10.1 Å². The number of rotatable bonds is 5. The topological polar surface area (TPSA) is 92.5 Å². The number of nitrogens with one attached hydrogen (secondary N) is 1. The smallest absolute Gasteiger partial charge is 0.310 e. The lowest BCUT2D eigenvalue weighted by molar-refractivity contribution is -0.383. The Bertz CT molecular complexity index is 450. The van der Waals surface area contributed by atoms with Gasteiger partial charge in [-0.3, -0.25) is 14.9 Å². The van der Waals surface area contributed by atoms with Crippen LogP contribution >= 0.6 is 11.6 Å². The van der Waals surface area contributed by atoms with Crippen LogP contribution < -0.4 is 5.32 Å². The zero-order valence-corrected chi connectivity index (χ0v) is 9.77. The van der Waals surface area contributed by atoms with Gasteiger partial charge in [-0.15, -0.1) is 0 Å². The summed E-state index contributed by atoms with van der Waals surface area (Å²) in [6.07, 6.45) is -0.135. The van der Waals surface area contributed by atoms with E-state index in [1.54, 1.807) is 13.0 Å². The number of hydrogen-bond donors (Lipinski definition) is 2. The highest BCUT2D eigenvalue weighted by Crippen LogP contribution is 2.32. The Labute approximate surface area is 102 Å². The Morgan fingerprint density at radius 3 is 2.82 bits per heavy atom. The second-order valence-electron chi connectivity index (χ2n) is 3.54. The molecule has 92 valence electrons. The van der Waals surface area contributed by atoms with Crippen molar-refractivity contribution in [2.75, 3.05) is 5.32 Å².